The molecule has 0 saturated carbocycles. The third-order valence-corrected chi connectivity index (χ3v) is 3.79. The number of hydrogen-bond donors (Lipinski definition) is 0. The summed E-state index contributed by atoms with van der Waals surface area (Å²) in [6.07, 6.45) is -2.70. The SMILES string of the molecule is Cc1cc(C)c(-n2nc(C(F)F)c(CCl)c2Cl)c(C)c1. The quantitative estimate of drug-likeness (QED) is 0.717. The van der Waals surface area contributed by atoms with E-state index in [0.717, 1.165) is 22.4 Å². The first-order valence-corrected chi connectivity index (χ1v) is 6.97. The lowest BCUT2D eigenvalue weighted by atomic mass is 10.1. The van der Waals surface area contributed by atoms with E-state index in [2.05, 4.69) is 5.10 Å². The molecule has 1 heterocycles. The molecule has 2 aromatic rings. The molecule has 0 unspecified atom stereocenters. The molecule has 0 aliphatic carbocycles. The van der Waals surface area contributed by atoms with Gasteiger partial charge in [-0.2, -0.15) is 5.10 Å². The van der Waals surface area contributed by atoms with Crippen molar-refractivity contribution in [2.24, 2.45) is 0 Å². The largest absolute Gasteiger partial charge is 0.282 e. The van der Waals surface area contributed by atoms with Crippen LogP contribution in [0.3, 0.4) is 0 Å². The van der Waals surface area contributed by atoms with Crippen molar-refractivity contribution in [2.45, 2.75) is 33.1 Å². The van der Waals surface area contributed by atoms with E-state index in [1.54, 1.807) is 0 Å². The summed E-state index contributed by atoms with van der Waals surface area (Å²) in [6.45, 7) is 5.77. The summed E-state index contributed by atoms with van der Waals surface area (Å²) in [4.78, 5) is 0. The summed E-state index contributed by atoms with van der Waals surface area (Å²) < 4.78 is 27.3. The average Bonchev–Trinajstić information content (AvgIpc) is 2.65. The van der Waals surface area contributed by atoms with Crippen LogP contribution in [0.1, 0.15) is 34.4 Å². The van der Waals surface area contributed by atoms with Gasteiger partial charge in [-0.25, -0.2) is 13.5 Å². The highest BCUT2D eigenvalue weighted by Gasteiger charge is 2.24. The highest BCUT2D eigenvalue weighted by molar-refractivity contribution is 6.31. The fourth-order valence-corrected chi connectivity index (χ4v) is 3.02. The van der Waals surface area contributed by atoms with Crippen LogP contribution in [0.5, 0.6) is 0 Å². The highest BCUT2D eigenvalue weighted by Crippen LogP contribution is 2.33. The molecule has 0 aliphatic rings. The monoisotopic (exact) mass is 318 g/mol. The number of benzene rings is 1. The van der Waals surface area contributed by atoms with Crippen molar-refractivity contribution < 1.29 is 8.78 Å². The fourth-order valence-electron chi connectivity index (χ4n) is 2.40. The third kappa shape index (κ3) is 2.54. The van der Waals surface area contributed by atoms with Gasteiger partial charge in [0.25, 0.3) is 6.43 Å². The second kappa shape index (κ2) is 5.70. The van der Waals surface area contributed by atoms with E-state index in [1.165, 1.54) is 4.68 Å². The Morgan fingerprint density at radius 2 is 1.75 bits per heavy atom. The molecule has 1 aromatic heterocycles. The molecule has 6 heteroatoms. The molecule has 0 aliphatic heterocycles. The molecule has 108 valence electrons. The molecule has 0 amide bonds. The summed E-state index contributed by atoms with van der Waals surface area (Å²) >= 11 is 11.9. The van der Waals surface area contributed by atoms with E-state index in [4.69, 9.17) is 23.2 Å². The number of alkyl halides is 3. The van der Waals surface area contributed by atoms with Crippen LogP contribution in [0.4, 0.5) is 8.78 Å². The number of hydrogen-bond acceptors (Lipinski definition) is 1. The van der Waals surface area contributed by atoms with Crippen LogP contribution < -0.4 is 0 Å². The third-order valence-electron chi connectivity index (χ3n) is 3.14. The van der Waals surface area contributed by atoms with Crippen molar-refractivity contribution in [1.82, 2.24) is 9.78 Å². The van der Waals surface area contributed by atoms with Crippen molar-refractivity contribution in [3.05, 3.63) is 45.2 Å². The van der Waals surface area contributed by atoms with Gasteiger partial charge in [0.05, 0.1) is 11.6 Å². The predicted molar refractivity (Wildman–Crippen MR) is 77.3 cm³/mol. The second-order valence-electron chi connectivity index (χ2n) is 4.75. The number of nitrogens with zero attached hydrogens (tertiary/aromatic N) is 2. The molecular weight excluding hydrogens is 305 g/mol. The van der Waals surface area contributed by atoms with Gasteiger partial charge in [-0.3, -0.25) is 0 Å². The summed E-state index contributed by atoms with van der Waals surface area (Å²) in [5.74, 6) is -0.0948. The molecular formula is C14H14Cl2F2N2. The average molecular weight is 319 g/mol. The zero-order valence-electron chi connectivity index (χ0n) is 11.3. The molecule has 0 radical (unpaired) electrons. The Hall–Kier alpha value is -1.13. The minimum atomic E-state index is -2.70. The van der Waals surface area contributed by atoms with Gasteiger partial charge in [0.1, 0.15) is 10.8 Å². The molecule has 0 spiro atoms. The van der Waals surface area contributed by atoms with E-state index in [9.17, 15) is 8.78 Å². The zero-order valence-corrected chi connectivity index (χ0v) is 12.9. The summed E-state index contributed by atoms with van der Waals surface area (Å²) in [6, 6.07) is 3.92. The lowest BCUT2D eigenvalue weighted by Crippen LogP contribution is -2.03. The molecule has 2 rings (SSSR count). The number of aromatic nitrogens is 2. The van der Waals surface area contributed by atoms with Crippen molar-refractivity contribution >= 4 is 23.2 Å². The standard InChI is InChI=1S/C14H14Cl2F2N2/c1-7-4-8(2)12(9(3)5-7)20-13(16)10(6-15)11(19-20)14(17)18/h4-5,14H,6H2,1-3H3. The van der Waals surface area contributed by atoms with E-state index in [0.29, 0.717) is 0 Å². The first-order valence-electron chi connectivity index (χ1n) is 6.06. The molecule has 0 atom stereocenters. The van der Waals surface area contributed by atoms with Gasteiger partial charge in [0.2, 0.25) is 0 Å². The van der Waals surface area contributed by atoms with E-state index in [-0.39, 0.29) is 22.3 Å². The smallest absolute Gasteiger partial charge is 0.221 e. The molecule has 0 saturated heterocycles. The van der Waals surface area contributed by atoms with Gasteiger partial charge in [-0.05, 0) is 31.9 Å². The topological polar surface area (TPSA) is 17.8 Å². The van der Waals surface area contributed by atoms with E-state index < -0.39 is 6.43 Å². The summed E-state index contributed by atoms with van der Waals surface area (Å²) in [5, 5.41) is 4.10. The fraction of sp³-hybridized carbons (Fsp3) is 0.357. The Morgan fingerprint density at radius 3 is 2.15 bits per heavy atom. The number of rotatable bonds is 3. The molecule has 2 nitrogen and oxygen atoms in total. The van der Waals surface area contributed by atoms with Crippen LogP contribution in [-0.4, -0.2) is 9.78 Å². The second-order valence-corrected chi connectivity index (χ2v) is 5.37. The van der Waals surface area contributed by atoms with E-state index >= 15 is 0 Å². The Balaban J connectivity index is 2.71. The Morgan fingerprint density at radius 1 is 1.20 bits per heavy atom. The summed E-state index contributed by atoms with van der Waals surface area (Å²) in [7, 11) is 0. The minimum Gasteiger partial charge on any atom is -0.221 e. The first-order chi connectivity index (χ1) is 9.36. The van der Waals surface area contributed by atoms with Crippen molar-refractivity contribution in [2.75, 3.05) is 0 Å². The van der Waals surface area contributed by atoms with Gasteiger partial charge in [0.15, 0.2) is 0 Å². The number of aryl methyl sites for hydroxylation is 3. The maximum Gasteiger partial charge on any atom is 0.282 e. The lowest BCUT2D eigenvalue weighted by Gasteiger charge is -2.12. The lowest BCUT2D eigenvalue weighted by molar-refractivity contribution is 0.144. The van der Waals surface area contributed by atoms with Crippen LogP contribution in [0.2, 0.25) is 5.15 Å². The highest BCUT2D eigenvalue weighted by atomic mass is 35.5. The van der Waals surface area contributed by atoms with Crippen LogP contribution in [0.15, 0.2) is 12.1 Å². The van der Waals surface area contributed by atoms with Crippen LogP contribution in [-0.2, 0) is 5.88 Å². The maximum atomic E-state index is 13.0. The molecule has 0 bridgehead atoms. The minimum absolute atomic E-state index is 0.0948. The van der Waals surface area contributed by atoms with Gasteiger partial charge < -0.3 is 0 Å². The van der Waals surface area contributed by atoms with Crippen molar-refractivity contribution in [3.63, 3.8) is 0 Å². The zero-order chi connectivity index (χ0) is 15.0. The van der Waals surface area contributed by atoms with Crippen molar-refractivity contribution in [1.29, 1.82) is 0 Å². The Bertz CT molecular complexity index is 628. The molecule has 1 aromatic carbocycles. The van der Waals surface area contributed by atoms with Gasteiger partial charge in [0, 0.05) is 5.56 Å². The molecule has 0 fully saturated rings. The normalized spacial score (nSPS) is 11.4. The van der Waals surface area contributed by atoms with Crippen LogP contribution >= 0.6 is 23.2 Å². The first kappa shape index (κ1) is 15.3. The summed E-state index contributed by atoms with van der Waals surface area (Å²) in [5.41, 5.74) is 3.49. The van der Waals surface area contributed by atoms with Crippen LogP contribution in [0.25, 0.3) is 5.69 Å². The maximum absolute atomic E-state index is 13.0. The Labute approximate surface area is 126 Å². The molecule has 20 heavy (non-hydrogen) atoms. The Kier molecular flexibility index (Phi) is 4.35. The van der Waals surface area contributed by atoms with Gasteiger partial charge in [-0.1, -0.05) is 29.3 Å². The predicted octanol–water partition coefficient (Wildman–Crippen LogP) is 5.13. The van der Waals surface area contributed by atoms with E-state index in [1.807, 2.05) is 32.9 Å². The van der Waals surface area contributed by atoms with Gasteiger partial charge >= 0.3 is 0 Å². The molecule has 0 N–H and O–H groups in total. The number of halogens is 4. The van der Waals surface area contributed by atoms with Crippen molar-refractivity contribution in [3.8, 4) is 5.69 Å². The van der Waals surface area contributed by atoms with Gasteiger partial charge in [-0.15, -0.1) is 11.6 Å². The van der Waals surface area contributed by atoms with Crippen LogP contribution in [0, 0.1) is 20.8 Å².